The van der Waals surface area contributed by atoms with Crippen LogP contribution in [0.3, 0.4) is 0 Å². The molecule has 0 aliphatic rings. The van der Waals surface area contributed by atoms with Gasteiger partial charge in [-0.1, -0.05) is 60.7 Å². The molecule has 2 aromatic rings. The van der Waals surface area contributed by atoms with E-state index in [1.165, 1.54) is 18.7 Å². The van der Waals surface area contributed by atoms with Crippen LogP contribution in [0, 0.1) is 0 Å². The first-order chi connectivity index (χ1) is 31.5. The highest BCUT2D eigenvalue weighted by molar-refractivity contribution is 7.98. The van der Waals surface area contributed by atoms with Crippen LogP contribution in [-0.2, 0) is 51.2 Å². The predicted octanol–water partition coefficient (Wildman–Crippen LogP) is -3.74. The molecule has 364 valence electrons. The van der Waals surface area contributed by atoms with Gasteiger partial charge < -0.3 is 71.0 Å². The normalized spacial score (nSPS) is 14.0. The average Bonchev–Trinajstić information content (AvgIpc) is 3.29. The lowest BCUT2D eigenvalue weighted by atomic mass is 10.0. The van der Waals surface area contributed by atoms with Gasteiger partial charge in [0.2, 0.25) is 47.3 Å². The molecule has 0 heterocycles. The molecular weight excluding hydrogens is 875 g/mol. The number of aliphatic hydroxyl groups excluding tert-OH is 1. The molecule has 66 heavy (non-hydrogen) atoms. The first-order valence-electron chi connectivity index (χ1n) is 21.6. The van der Waals surface area contributed by atoms with Crippen molar-refractivity contribution in [3.63, 3.8) is 0 Å². The minimum atomic E-state index is -1.30. The molecule has 0 unspecified atom stereocenters. The number of unbranched alkanes of at least 4 members (excludes halogenated alkanes) is 1. The van der Waals surface area contributed by atoms with Crippen LogP contribution in [0.1, 0.15) is 56.6 Å². The molecule has 0 aliphatic heterocycles. The minimum absolute atomic E-state index is 0.0197. The Bertz CT molecular complexity index is 1910. The smallest absolute Gasteiger partial charge is 0.243 e. The van der Waals surface area contributed by atoms with Crippen LogP contribution in [0.15, 0.2) is 65.7 Å². The molecule has 0 radical (unpaired) electrons. The van der Waals surface area contributed by atoms with Gasteiger partial charge in [-0.2, -0.15) is 11.8 Å². The number of hydrogen-bond donors (Lipinski definition) is 13. The lowest BCUT2D eigenvalue weighted by Crippen LogP contribution is -2.59. The van der Waals surface area contributed by atoms with Crippen LogP contribution in [0.4, 0.5) is 0 Å². The van der Waals surface area contributed by atoms with Gasteiger partial charge in [0.05, 0.1) is 13.2 Å². The van der Waals surface area contributed by atoms with Crippen molar-refractivity contribution < 1.29 is 43.5 Å². The van der Waals surface area contributed by atoms with Crippen molar-refractivity contribution in [3.05, 3.63) is 71.8 Å². The number of primary amides is 1. The van der Waals surface area contributed by atoms with Gasteiger partial charge in [-0.15, -0.1) is 0 Å². The number of carbonyl (C=O) groups is 8. The van der Waals surface area contributed by atoms with Gasteiger partial charge in [0.15, 0.2) is 5.96 Å². The Morgan fingerprint density at radius 3 is 1.61 bits per heavy atom. The summed E-state index contributed by atoms with van der Waals surface area (Å²) in [6, 6.07) is 9.20. The maximum absolute atomic E-state index is 14.1. The zero-order chi connectivity index (χ0) is 49.0. The SMILES string of the molecule is CSCC[C@H](NC(=O)[C@H](CCCCN)NC(=O)[C@H](CCCN=C(N)N)NC(=O)[C@H](Cc1ccccc1)NC(=O)CNC(=O)[C@@H](N)CO)C(=O)N[C@@H](C)C(=O)N[C@@H](Cc1ccccc1)C(N)=O. The van der Waals surface area contributed by atoms with E-state index in [0.29, 0.717) is 30.7 Å². The van der Waals surface area contributed by atoms with Gasteiger partial charge in [-0.25, -0.2) is 0 Å². The van der Waals surface area contributed by atoms with Crippen LogP contribution in [0.2, 0.25) is 0 Å². The molecule has 18 N–H and O–H groups in total. The van der Waals surface area contributed by atoms with E-state index in [1.807, 2.05) is 6.26 Å². The molecule has 0 aromatic heterocycles. The van der Waals surface area contributed by atoms with Gasteiger partial charge in [-0.3, -0.25) is 43.3 Å². The zero-order valence-corrected chi connectivity index (χ0v) is 38.3. The monoisotopic (exact) mass is 941 g/mol. The largest absolute Gasteiger partial charge is 0.394 e. The number of benzene rings is 2. The number of nitrogens with two attached hydrogens (primary N) is 5. The number of rotatable bonds is 31. The fourth-order valence-corrected chi connectivity index (χ4v) is 6.76. The van der Waals surface area contributed by atoms with Crippen molar-refractivity contribution in [2.24, 2.45) is 33.7 Å². The van der Waals surface area contributed by atoms with Crippen molar-refractivity contribution in [2.75, 3.05) is 38.2 Å². The van der Waals surface area contributed by atoms with Crippen LogP contribution in [0.25, 0.3) is 0 Å². The Morgan fingerprint density at radius 2 is 1.11 bits per heavy atom. The Kier molecular flexibility index (Phi) is 26.0. The molecule has 0 spiro atoms. The van der Waals surface area contributed by atoms with Gasteiger partial charge >= 0.3 is 0 Å². The molecule has 7 atom stereocenters. The maximum atomic E-state index is 14.1. The molecule has 0 aliphatic carbocycles. The van der Waals surface area contributed by atoms with E-state index < -0.39 is 103 Å². The van der Waals surface area contributed by atoms with E-state index in [0.717, 1.165) is 5.56 Å². The fourth-order valence-electron chi connectivity index (χ4n) is 6.29. The molecule has 0 bridgehead atoms. The second-order valence-electron chi connectivity index (χ2n) is 15.4. The molecule has 2 aromatic carbocycles. The summed E-state index contributed by atoms with van der Waals surface area (Å²) < 4.78 is 0. The second-order valence-corrected chi connectivity index (χ2v) is 16.4. The number of aliphatic imine (C=N–C) groups is 1. The fraction of sp³-hybridized carbons (Fsp3) is 0.512. The molecule has 23 heteroatoms. The summed E-state index contributed by atoms with van der Waals surface area (Å²) in [5.41, 5.74) is 29.2. The number of carbonyl (C=O) groups excluding carboxylic acids is 8. The van der Waals surface area contributed by atoms with E-state index in [1.54, 1.807) is 60.7 Å². The lowest BCUT2D eigenvalue weighted by molar-refractivity contribution is -0.135. The third kappa shape index (κ3) is 21.6. The quantitative estimate of drug-likeness (QED) is 0.0196. The van der Waals surface area contributed by atoms with Crippen molar-refractivity contribution in [1.82, 2.24) is 37.2 Å². The highest BCUT2D eigenvalue weighted by Crippen LogP contribution is 2.10. The summed E-state index contributed by atoms with van der Waals surface area (Å²) >= 11 is 1.41. The Balaban J connectivity index is 2.33. The lowest BCUT2D eigenvalue weighted by Gasteiger charge is -2.27. The number of thioether (sulfide) groups is 1. The summed E-state index contributed by atoms with van der Waals surface area (Å²) in [4.78, 5) is 110. The molecule has 0 saturated heterocycles. The minimum Gasteiger partial charge on any atom is -0.394 e. The zero-order valence-electron chi connectivity index (χ0n) is 37.5. The van der Waals surface area contributed by atoms with Gasteiger partial charge in [0.1, 0.15) is 42.3 Å². The van der Waals surface area contributed by atoms with Crippen molar-refractivity contribution in [1.29, 1.82) is 0 Å². The summed E-state index contributed by atoms with van der Waals surface area (Å²) in [5, 5.41) is 27.3. The molecular formula is C43H67N13O9S. The molecule has 0 saturated carbocycles. The van der Waals surface area contributed by atoms with Gasteiger partial charge in [0, 0.05) is 19.4 Å². The van der Waals surface area contributed by atoms with Crippen molar-refractivity contribution in [2.45, 2.75) is 101 Å². The number of guanidine groups is 1. The van der Waals surface area contributed by atoms with E-state index >= 15 is 0 Å². The third-order valence-corrected chi connectivity index (χ3v) is 10.6. The van der Waals surface area contributed by atoms with Crippen LogP contribution in [-0.4, -0.2) is 139 Å². The van der Waals surface area contributed by atoms with E-state index in [-0.39, 0.29) is 51.0 Å². The summed E-state index contributed by atoms with van der Waals surface area (Å²) in [6.45, 7) is 0.570. The van der Waals surface area contributed by atoms with Crippen LogP contribution >= 0.6 is 11.8 Å². The average molecular weight is 942 g/mol. The maximum Gasteiger partial charge on any atom is 0.243 e. The Hall–Kier alpha value is -6.30. The third-order valence-electron chi connectivity index (χ3n) is 9.99. The van der Waals surface area contributed by atoms with Crippen molar-refractivity contribution in [3.8, 4) is 0 Å². The van der Waals surface area contributed by atoms with E-state index in [9.17, 15) is 43.5 Å². The van der Waals surface area contributed by atoms with Gasteiger partial charge in [0.25, 0.3) is 0 Å². The van der Waals surface area contributed by atoms with Crippen molar-refractivity contribution >= 4 is 65.0 Å². The summed E-state index contributed by atoms with van der Waals surface area (Å²) in [7, 11) is 0. The van der Waals surface area contributed by atoms with Crippen LogP contribution in [0.5, 0.6) is 0 Å². The number of amides is 8. The predicted molar refractivity (Wildman–Crippen MR) is 251 cm³/mol. The van der Waals surface area contributed by atoms with Crippen LogP contribution < -0.4 is 65.9 Å². The Morgan fingerprint density at radius 1 is 0.621 bits per heavy atom. The highest BCUT2D eigenvalue weighted by Gasteiger charge is 2.32. The molecule has 0 fully saturated rings. The number of aliphatic hydroxyl groups is 1. The Labute approximate surface area is 388 Å². The van der Waals surface area contributed by atoms with E-state index in [4.69, 9.17) is 28.7 Å². The first kappa shape index (κ1) is 55.8. The number of nitrogens with zero attached hydrogens (tertiary/aromatic N) is 1. The molecule has 2 rings (SSSR count). The topological polar surface area (TPSA) is 383 Å². The first-order valence-corrected chi connectivity index (χ1v) is 23.0. The summed E-state index contributed by atoms with van der Waals surface area (Å²) in [5.74, 6) is -5.73. The summed E-state index contributed by atoms with van der Waals surface area (Å²) in [6.07, 6.45) is 3.21. The number of nitrogens with one attached hydrogen (secondary N) is 7. The van der Waals surface area contributed by atoms with Gasteiger partial charge in [-0.05, 0) is 75.1 Å². The molecule has 8 amide bonds. The second kappa shape index (κ2) is 30.8. The highest BCUT2D eigenvalue weighted by atomic mass is 32.2. The standard InChI is InChI=1S/C43H67N13O9S/c1-26(37(60)56-33(36(46)59)22-27-12-5-3-6-13-27)51-39(62)32(18-21-66-2)55-40(63)30(16-9-10-19-44)53-41(64)31(17-11-20-49-43(47)48)54-42(65)34(23-28-14-7-4-8-15-28)52-35(58)24-50-38(61)29(45)25-57/h3-8,12-15,26,29-34,57H,9-11,16-25,44-45H2,1-2H3,(H2,46,59)(H,50,61)(H,51,62)(H,52,58)(H,53,64)(H,54,65)(H,55,63)(H,56,60)(H4,47,48,49)/t26-,29-,30-,31-,32-,33-,34-/m0/s1. The molecule has 22 nitrogen and oxygen atoms in total. The van der Waals surface area contributed by atoms with E-state index in [2.05, 4.69) is 42.2 Å². The number of hydrogen-bond acceptors (Lipinski definition) is 13.